The van der Waals surface area contributed by atoms with Gasteiger partial charge in [0, 0.05) is 28.8 Å². The Morgan fingerprint density at radius 2 is 1.68 bits per heavy atom. The van der Waals surface area contributed by atoms with E-state index < -0.39 is 5.97 Å². The molecule has 0 amide bonds. The van der Waals surface area contributed by atoms with E-state index in [0.29, 0.717) is 12.1 Å². The molecule has 1 unspecified atom stereocenters. The Morgan fingerprint density at radius 1 is 1.02 bits per heavy atom. The summed E-state index contributed by atoms with van der Waals surface area (Å²) in [5, 5.41) is 19.4. The van der Waals surface area contributed by atoms with Crippen LogP contribution in [0.15, 0.2) is 127 Å². The maximum Gasteiger partial charge on any atom is 0.305 e. The molecule has 4 nitrogen and oxygen atoms in total. The quantitative estimate of drug-likeness (QED) is 0.207. The molecular formula is C37H38N2O2. The number of nitriles is 1. The van der Waals surface area contributed by atoms with Crippen LogP contribution in [0.3, 0.4) is 0 Å². The van der Waals surface area contributed by atoms with E-state index in [0.717, 1.165) is 28.9 Å². The van der Waals surface area contributed by atoms with Crippen molar-refractivity contribution in [1.29, 1.82) is 5.26 Å². The Morgan fingerprint density at radius 3 is 2.37 bits per heavy atom. The number of hydrogen-bond acceptors (Lipinski definition) is 3. The molecular weight excluding hydrogens is 504 g/mol. The third-order valence-corrected chi connectivity index (χ3v) is 8.21. The number of aliphatic carboxylic acids is 1. The van der Waals surface area contributed by atoms with Gasteiger partial charge < -0.3 is 10.0 Å². The maximum atomic E-state index is 11.4. The second-order valence-electron chi connectivity index (χ2n) is 11.4. The number of hydrogen-bond donors (Lipinski definition) is 1. The molecule has 0 saturated heterocycles. The van der Waals surface area contributed by atoms with E-state index >= 15 is 0 Å². The van der Waals surface area contributed by atoms with Gasteiger partial charge in [-0.15, -0.1) is 0 Å². The average molecular weight is 543 g/mol. The highest BCUT2D eigenvalue weighted by Crippen LogP contribution is 2.47. The van der Waals surface area contributed by atoms with Crippen LogP contribution in [-0.4, -0.2) is 17.6 Å². The molecule has 0 spiro atoms. The lowest BCUT2D eigenvalue weighted by Crippen LogP contribution is -2.28. The van der Waals surface area contributed by atoms with Gasteiger partial charge in [0.1, 0.15) is 0 Å². The molecule has 0 radical (unpaired) electrons. The predicted molar refractivity (Wildman–Crippen MR) is 168 cm³/mol. The second kappa shape index (κ2) is 12.3. The smallest absolute Gasteiger partial charge is 0.305 e. The van der Waals surface area contributed by atoms with Gasteiger partial charge in [-0.25, -0.2) is 0 Å². The van der Waals surface area contributed by atoms with Crippen LogP contribution in [0.1, 0.15) is 49.4 Å². The fraction of sp³-hybridized carbons (Fsp3) is 0.243. The van der Waals surface area contributed by atoms with Crippen LogP contribution in [0.25, 0.3) is 0 Å². The first-order chi connectivity index (χ1) is 19.6. The zero-order valence-electron chi connectivity index (χ0n) is 24.4. The first-order valence-corrected chi connectivity index (χ1v) is 14.0. The molecule has 1 N–H and O–H groups in total. The highest BCUT2D eigenvalue weighted by atomic mass is 16.4. The molecule has 1 aliphatic rings. The summed E-state index contributed by atoms with van der Waals surface area (Å²) in [6.07, 6.45) is 8.37. The number of para-hydroxylation sites is 1. The number of anilines is 1. The van der Waals surface area contributed by atoms with Crippen molar-refractivity contribution in [2.75, 3.05) is 11.4 Å². The summed E-state index contributed by atoms with van der Waals surface area (Å²) in [5.74, 6) is -0.839. The highest BCUT2D eigenvalue weighted by molar-refractivity contribution is 5.73. The van der Waals surface area contributed by atoms with E-state index in [-0.39, 0.29) is 17.3 Å². The van der Waals surface area contributed by atoms with Gasteiger partial charge in [-0.1, -0.05) is 106 Å². The van der Waals surface area contributed by atoms with Crippen molar-refractivity contribution in [2.24, 2.45) is 0 Å². The summed E-state index contributed by atoms with van der Waals surface area (Å²) in [4.78, 5) is 13.5. The van der Waals surface area contributed by atoms with E-state index in [1.165, 1.54) is 16.7 Å². The topological polar surface area (TPSA) is 64.3 Å². The molecule has 1 aliphatic heterocycles. The van der Waals surface area contributed by atoms with Crippen LogP contribution in [0, 0.1) is 18.3 Å². The Bertz CT molecular complexity index is 1570. The van der Waals surface area contributed by atoms with Gasteiger partial charge in [0.15, 0.2) is 0 Å². The van der Waals surface area contributed by atoms with Crippen molar-refractivity contribution in [2.45, 2.75) is 51.4 Å². The molecule has 4 heteroatoms. The summed E-state index contributed by atoms with van der Waals surface area (Å²) in [7, 11) is 0. The number of benzene rings is 3. The van der Waals surface area contributed by atoms with E-state index in [1.54, 1.807) is 0 Å². The second-order valence-corrected chi connectivity index (χ2v) is 11.4. The first-order valence-electron chi connectivity index (χ1n) is 14.0. The Balaban J connectivity index is 1.68. The predicted octanol–water partition coefficient (Wildman–Crippen LogP) is 8.21. The Kier molecular flexibility index (Phi) is 8.79. The molecule has 41 heavy (non-hydrogen) atoms. The van der Waals surface area contributed by atoms with E-state index in [2.05, 4.69) is 93.8 Å². The van der Waals surface area contributed by atoms with Crippen LogP contribution < -0.4 is 4.90 Å². The van der Waals surface area contributed by atoms with Crippen molar-refractivity contribution in [3.05, 3.63) is 149 Å². The summed E-state index contributed by atoms with van der Waals surface area (Å²) in [6, 6.07) is 29.2. The monoisotopic (exact) mass is 542 g/mol. The number of rotatable bonds is 10. The molecule has 3 aromatic carbocycles. The van der Waals surface area contributed by atoms with Crippen molar-refractivity contribution in [3.8, 4) is 6.07 Å². The number of fused-ring (bicyclic) bond motifs is 1. The van der Waals surface area contributed by atoms with Crippen LogP contribution in [0.2, 0.25) is 0 Å². The molecule has 4 rings (SSSR count). The van der Waals surface area contributed by atoms with E-state index in [9.17, 15) is 15.2 Å². The van der Waals surface area contributed by atoms with Crippen molar-refractivity contribution in [1.82, 2.24) is 0 Å². The van der Waals surface area contributed by atoms with Gasteiger partial charge in [-0.2, -0.15) is 5.26 Å². The molecule has 0 aliphatic carbocycles. The zero-order valence-corrected chi connectivity index (χ0v) is 24.4. The van der Waals surface area contributed by atoms with Gasteiger partial charge >= 0.3 is 5.97 Å². The number of aryl methyl sites for hydroxylation is 1. The molecule has 0 aromatic heterocycles. The first kappa shape index (κ1) is 29.4. The molecule has 0 fully saturated rings. The van der Waals surface area contributed by atoms with Crippen LogP contribution in [0.5, 0.6) is 0 Å². The Hall–Kier alpha value is -4.62. The molecule has 0 bridgehead atoms. The lowest BCUT2D eigenvalue weighted by atomic mass is 9.70. The third kappa shape index (κ3) is 6.26. The maximum absolute atomic E-state index is 11.4. The fourth-order valence-electron chi connectivity index (χ4n) is 5.84. The van der Waals surface area contributed by atoms with Gasteiger partial charge in [0.2, 0.25) is 0 Å². The van der Waals surface area contributed by atoms with Crippen molar-refractivity contribution >= 4 is 11.7 Å². The number of carboxylic acid groups (broad SMARTS) is 1. The van der Waals surface area contributed by atoms with Crippen LogP contribution >= 0.6 is 0 Å². The minimum Gasteiger partial charge on any atom is -0.481 e. The molecule has 1 heterocycles. The number of allylic oxidation sites excluding steroid dienone is 7. The fourth-order valence-corrected chi connectivity index (χ4v) is 5.84. The lowest BCUT2D eigenvalue weighted by molar-refractivity contribution is -0.136. The SMILES string of the molecule is C=C(/C=C/C(C#N)=C/C=C1/N(CCC(=O)O)c2ccccc2C1(C)C)C(C)(Cc1ccccc1)c1ccccc1C. The van der Waals surface area contributed by atoms with Crippen molar-refractivity contribution in [3.63, 3.8) is 0 Å². The van der Waals surface area contributed by atoms with Gasteiger partial charge in [0.05, 0.1) is 18.1 Å². The molecule has 0 saturated carbocycles. The highest BCUT2D eigenvalue weighted by Gasteiger charge is 2.39. The normalized spacial score (nSPS) is 16.8. The largest absolute Gasteiger partial charge is 0.481 e. The average Bonchev–Trinajstić information content (AvgIpc) is 3.18. The minimum atomic E-state index is -0.839. The zero-order chi connectivity index (χ0) is 29.6. The van der Waals surface area contributed by atoms with Crippen LogP contribution in [0.4, 0.5) is 5.69 Å². The standard InChI is InChI=1S/C37H38N2O2/c1-27-13-9-10-16-31(27)37(5,25-29-14-7-6-8-15-29)28(2)19-20-30(26-38)21-22-34-36(3,4)32-17-11-12-18-33(32)39(34)24-23-35(40)41/h6-22H,2,23-25H2,1,3-5H3,(H,40,41)/b20-19+,30-21-,34-22+. The lowest BCUT2D eigenvalue weighted by Gasteiger charge is -2.33. The van der Waals surface area contributed by atoms with Crippen LogP contribution in [-0.2, 0) is 22.0 Å². The van der Waals surface area contributed by atoms with Gasteiger partial charge in [-0.3, -0.25) is 4.79 Å². The third-order valence-electron chi connectivity index (χ3n) is 8.21. The van der Waals surface area contributed by atoms with Gasteiger partial charge in [-0.05, 0) is 65.5 Å². The molecule has 3 aromatic rings. The van der Waals surface area contributed by atoms with Gasteiger partial charge in [0.25, 0.3) is 0 Å². The summed E-state index contributed by atoms with van der Waals surface area (Å²) in [6.45, 7) is 13.4. The summed E-state index contributed by atoms with van der Waals surface area (Å²) < 4.78 is 0. The number of nitrogens with zero attached hydrogens (tertiary/aromatic N) is 2. The molecule has 208 valence electrons. The Labute approximate surface area is 244 Å². The summed E-state index contributed by atoms with van der Waals surface area (Å²) >= 11 is 0. The van der Waals surface area contributed by atoms with Crippen molar-refractivity contribution < 1.29 is 9.90 Å². The van der Waals surface area contributed by atoms with E-state index in [1.807, 2.05) is 54.6 Å². The molecule has 1 atom stereocenters. The number of carboxylic acids is 1. The summed E-state index contributed by atoms with van der Waals surface area (Å²) in [5.41, 5.74) is 7.46. The minimum absolute atomic E-state index is 0.0230. The number of carbonyl (C=O) groups is 1. The van der Waals surface area contributed by atoms with E-state index in [4.69, 9.17) is 0 Å².